The van der Waals surface area contributed by atoms with Crippen molar-refractivity contribution in [3.8, 4) is 5.75 Å². The van der Waals surface area contributed by atoms with E-state index in [9.17, 15) is 26.4 Å². The van der Waals surface area contributed by atoms with E-state index in [4.69, 9.17) is 16.3 Å². The van der Waals surface area contributed by atoms with Crippen LogP contribution in [-0.4, -0.2) is 26.5 Å². The minimum absolute atomic E-state index is 0.00482. The molecule has 0 bridgehead atoms. The average molecular weight is 465 g/mol. The fraction of sp³-hybridized carbons (Fsp3) is 0.316. The van der Waals surface area contributed by atoms with Gasteiger partial charge in [-0.25, -0.2) is 13.1 Å². The highest BCUT2D eigenvalue weighted by atomic mass is 35.5. The van der Waals surface area contributed by atoms with Crippen LogP contribution in [0.15, 0.2) is 47.4 Å². The maximum atomic E-state index is 13.1. The number of ether oxygens (including phenoxy) is 1. The summed E-state index contributed by atoms with van der Waals surface area (Å²) in [5, 5.41) is 2.01. The average Bonchev–Trinajstić information content (AvgIpc) is 2.59. The number of amides is 1. The number of halogens is 4. The van der Waals surface area contributed by atoms with Gasteiger partial charge in [0.2, 0.25) is 10.0 Å². The summed E-state index contributed by atoms with van der Waals surface area (Å²) in [6.07, 6.45) is -4.70. The van der Waals surface area contributed by atoms with Crippen LogP contribution in [0.25, 0.3) is 0 Å². The third-order valence-corrected chi connectivity index (χ3v) is 5.51. The molecule has 30 heavy (non-hydrogen) atoms. The predicted octanol–water partition coefficient (Wildman–Crippen LogP) is 4.45. The van der Waals surface area contributed by atoms with Crippen molar-refractivity contribution in [2.24, 2.45) is 0 Å². The molecule has 0 aliphatic heterocycles. The highest BCUT2D eigenvalue weighted by molar-refractivity contribution is 7.89. The molecule has 0 aliphatic carbocycles. The van der Waals surface area contributed by atoms with Crippen LogP contribution in [0.1, 0.15) is 26.3 Å². The van der Waals surface area contributed by atoms with E-state index in [1.807, 2.05) is 0 Å². The fourth-order valence-corrected chi connectivity index (χ4v) is 3.96. The predicted molar refractivity (Wildman–Crippen MR) is 107 cm³/mol. The van der Waals surface area contributed by atoms with Crippen LogP contribution in [0.4, 0.5) is 18.9 Å². The number of carbonyl (C=O) groups excluding carboxylic acids is 1. The first kappa shape index (κ1) is 24.0. The van der Waals surface area contributed by atoms with Crippen LogP contribution in [0.5, 0.6) is 5.75 Å². The Balaban J connectivity index is 2.03. The van der Waals surface area contributed by atoms with Gasteiger partial charge >= 0.3 is 6.18 Å². The molecule has 0 saturated carbocycles. The standard InChI is InChI=1S/C19H20ClF3N2O4S/c1-18(2,3)25-30(27,28)14-7-5-13(6-8-14)29-11-17(26)24-16-9-4-12(20)10-15(16)19(21,22)23/h4-10,25H,11H2,1-3H3,(H,24,26). The SMILES string of the molecule is CC(C)(C)NS(=O)(=O)c1ccc(OCC(=O)Nc2ccc(Cl)cc2C(F)(F)F)cc1. The number of carbonyl (C=O) groups is 1. The molecule has 1 amide bonds. The fourth-order valence-electron chi connectivity index (χ4n) is 2.37. The lowest BCUT2D eigenvalue weighted by Crippen LogP contribution is -2.40. The monoisotopic (exact) mass is 464 g/mol. The number of hydrogen-bond acceptors (Lipinski definition) is 4. The van der Waals surface area contributed by atoms with Gasteiger partial charge in [0, 0.05) is 10.6 Å². The van der Waals surface area contributed by atoms with Gasteiger partial charge in [-0.1, -0.05) is 11.6 Å². The van der Waals surface area contributed by atoms with Gasteiger partial charge in [0.15, 0.2) is 6.61 Å². The highest BCUT2D eigenvalue weighted by Crippen LogP contribution is 2.36. The summed E-state index contributed by atoms with van der Waals surface area (Å²) in [6.45, 7) is 4.52. The first-order chi connectivity index (χ1) is 13.7. The van der Waals surface area contributed by atoms with Crippen LogP contribution in [0, 0.1) is 0 Å². The Kier molecular flexibility index (Phi) is 7.05. The van der Waals surface area contributed by atoms with Gasteiger partial charge in [-0.3, -0.25) is 4.79 Å². The van der Waals surface area contributed by atoms with Gasteiger partial charge in [-0.05, 0) is 63.2 Å². The summed E-state index contributed by atoms with van der Waals surface area (Å²) in [5.74, 6) is -0.652. The van der Waals surface area contributed by atoms with Crippen molar-refractivity contribution >= 4 is 33.2 Å². The van der Waals surface area contributed by atoms with Crippen molar-refractivity contribution in [2.45, 2.75) is 37.4 Å². The van der Waals surface area contributed by atoms with E-state index in [0.29, 0.717) is 6.07 Å². The molecule has 2 aromatic rings. The molecule has 0 saturated heterocycles. The number of rotatable bonds is 6. The molecule has 0 atom stereocenters. The Morgan fingerprint density at radius 3 is 2.20 bits per heavy atom. The topological polar surface area (TPSA) is 84.5 Å². The molecule has 0 aromatic heterocycles. The van der Waals surface area contributed by atoms with Crippen molar-refractivity contribution in [3.63, 3.8) is 0 Å². The second-order valence-corrected chi connectivity index (χ2v) is 9.47. The van der Waals surface area contributed by atoms with E-state index in [0.717, 1.165) is 6.07 Å². The van der Waals surface area contributed by atoms with Gasteiger partial charge in [-0.2, -0.15) is 13.2 Å². The van der Waals surface area contributed by atoms with E-state index >= 15 is 0 Å². The minimum atomic E-state index is -4.70. The molecule has 0 fully saturated rings. The second kappa shape index (κ2) is 8.83. The molecule has 2 rings (SSSR count). The Bertz CT molecular complexity index is 1020. The summed E-state index contributed by atoms with van der Waals surface area (Å²) in [4.78, 5) is 12.0. The lowest BCUT2D eigenvalue weighted by Gasteiger charge is -2.20. The van der Waals surface area contributed by atoms with Crippen LogP contribution in [-0.2, 0) is 21.0 Å². The first-order valence-electron chi connectivity index (χ1n) is 8.61. The Labute approximate surface area is 177 Å². The second-order valence-electron chi connectivity index (χ2n) is 7.35. The van der Waals surface area contributed by atoms with Gasteiger partial charge in [0.05, 0.1) is 16.1 Å². The molecule has 2 N–H and O–H groups in total. The number of benzene rings is 2. The summed E-state index contributed by atoms with van der Waals surface area (Å²) in [5.41, 5.74) is -2.19. The zero-order valence-electron chi connectivity index (χ0n) is 16.3. The molecule has 0 heterocycles. The molecular weight excluding hydrogens is 445 g/mol. The molecule has 0 unspecified atom stereocenters. The summed E-state index contributed by atoms with van der Waals surface area (Å²) < 4.78 is 71.4. The Morgan fingerprint density at radius 1 is 1.07 bits per heavy atom. The van der Waals surface area contributed by atoms with Crippen molar-refractivity contribution in [1.29, 1.82) is 0 Å². The van der Waals surface area contributed by atoms with Gasteiger partial charge in [0.25, 0.3) is 5.91 Å². The van der Waals surface area contributed by atoms with Gasteiger partial charge < -0.3 is 10.1 Å². The van der Waals surface area contributed by atoms with Gasteiger partial charge in [-0.15, -0.1) is 0 Å². The molecule has 164 valence electrons. The quantitative estimate of drug-likeness (QED) is 0.661. The summed E-state index contributed by atoms with van der Waals surface area (Å²) >= 11 is 5.60. The van der Waals surface area contributed by atoms with E-state index in [-0.39, 0.29) is 15.7 Å². The largest absolute Gasteiger partial charge is 0.484 e. The zero-order chi connectivity index (χ0) is 22.7. The van der Waals surface area contributed by atoms with Crippen molar-refractivity contribution < 1.29 is 31.1 Å². The third-order valence-electron chi connectivity index (χ3n) is 3.51. The molecular formula is C19H20ClF3N2O4S. The smallest absolute Gasteiger partial charge is 0.418 e. The van der Waals surface area contributed by atoms with Crippen LogP contribution < -0.4 is 14.8 Å². The van der Waals surface area contributed by atoms with Gasteiger partial charge in [0.1, 0.15) is 5.75 Å². The van der Waals surface area contributed by atoms with Crippen molar-refractivity contribution in [2.75, 3.05) is 11.9 Å². The van der Waals surface area contributed by atoms with Crippen molar-refractivity contribution in [1.82, 2.24) is 4.72 Å². The minimum Gasteiger partial charge on any atom is -0.484 e. The van der Waals surface area contributed by atoms with Crippen LogP contribution in [0.3, 0.4) is 0 Å². The number of hydrogen-bond donors (Lipinski definition) is 2. The Hall–Kier alpha value is -2.30. The van der Waals surface area contributed by atoms with E-state index in [1.54, 1.807) is 20.8 Å². The summed E-state index contributed by atoms with van der Waals surface area (Å²) in [7, 11) is -3.73. The molecule has 0 aliphatic rings. The molecule has 11 heteroatoms. The number of alkyl halides is 3. The first-order valence-corrected chi connectivity index (χ1v) is 10.5. The lowest BCUT2D eigenvalue weighted by atomic mass is 10.1. The summed E-state index contributed by atoms with van der Waals surface area (Å²) in [6, 6.07) is 8.25. The maximum absolute atomic E-state index is 13.1. The molecule has 0 radical (unpaired) electrons. The molecule has 6 nitrogen and oxygen atoms in total. The number of sulfonamides is 1. The maximum Gasteiger partial charge on any atom is 0.418 e. The van der Waals surface area contributed by atoms with E-state index in [1.165, 1.54) is 30.3 Å². The third kappa shape index (κ3) is 6.89. The zero-order valence-corrected chi connectivity index (χ0v) is 17.9. The van der Waals surface area contributed by atoms with E-state index < -0.39 is 45.5 Å². The van der Waals surface area contributed by atoms with E-state index in [2.05, 4.69) is 10.0 Å². The number of nitrogens with one attached hydrogen (secondary N) is 2. The number of anilines is 1. The van der Waals surface area contributed by atoms with Crippen molar-refractivity contribution in [3.05, 3.63) is 53.1 Å². The normalized spacial score (nSPS) is 12.5. The molecule has 0 spiro atoms. The Morgan fingerprint density at radius 2 is 1.67 bits per heavy atom. The van der Waals surface area contributed by atoms with Crippen LogP contribution in [0.2, 0.25) is 5.02 Å². The lowest BCUT2D eigenvalue weighted by molar-refractivity contribution is -0.137. The highest BCUT2D eigenvalue weighted by Gasteiger charge is 2.34. The van der Waals surface area contributed by atoms with Crippen LogP contribution >= 0.6 is 11.6 Å². The molecule has 2 aromatic carbocycles.